The van der Waals surface area contributed by atoms with Gasteiger partial charge in [0.15, 0.2) is 11.6 Å². The Hall–Kier alpha value is -2.30. The molecule has 27 heavy (non-hydrogen) atoms. The number of aryl methyl sites for hydroxylation is 2. The summed E-state index contributed by atoms with van der Waals surface area (Å²) in [5, 5.41) is 2.08. The number of fused-ring (bicyclic) bond motifs is 2. The minimum Gasteiger partial charge on any atom is -0.294 e. The summed E-state index contributed by atoms with van der Waals surface area (Å²) in [4.78, 5) is 27.7. The van der Waals surface area contributed by atoms with Crippen LogP contribution in [0.5, 0.6) is 0 Å². The third-order valence-electron chi connectivity index (χ3n) is 4.91. The van der Waals surface area contributed by atoms with Crippen LogP contribution in [0.4, 0.5) is 0 Å². The van der Waals surface area contributed by atoms with Crippen LogP contribution in [0.3, 0.4) is 0 Å². The van der Waals surface area contributed by atoms with E-state index in [1.54, 1.807) is 22.7 Å². The molecule has 4 heteroatoms. The van der Waals surface area contributed by atoms with E-state index in [1.807, 2.05) is 50.2 Å². The van der Waals surface area contributed by atoms with Crippen molar-refractivity contribution in [1.82, 2.24) is 0 Å². The van der Waals surface area contributed by atoms with Crippen molar-refractivity contribution in [1.29, 1.82) is 0 Å². The summed E-state index contributed by atoms with van der Waals surface area (Å²) in [6.45, 7) is 4.01. The van der Waals surface area contributed by atoms with E-state index in [-0.39, 0.29) is 11.6 Å². The molecule has 0 unspecified atom stereocenters. The second-order valence-electron chi connectivity index (χ2n) is 6.76. The van der Waals surface area contributed by atoms with E-state index in [0.717, 1.165) is 41.1 Å². The van der Waals surface area contributed by atoms with E-state index in [1.165, 1.54) is 0 Å². The maximum atomic E-state index is 12.8. The van der Waals surface area contributed by atoms with Crippen LogP contribution in [0.1, 0.15) is 49.7 Å². The highest BCUT2D eigenvalue weighted by molar-refractivity contribution is 7.19. The highest BCUT2D eigenvalue weighted by Crippen LogP contribution is 2.33. The minimum absolute atomic E-state index is 0.143. The quantitative estimate of drug-likeness (QED) is 0.332. The molecule has 0 saturated heterocycles. The van der Waals surface area contributed by atoms with E-state index in [0.29, 0.717) is 19.3 Å². The Balaban J connectivity index is 1.47. The number of Topliss-reactive ketones (excluding diaryl/α,β-unsaturated/α-hetero) is 2. The molecule has 2 aromatic carbocycles. The first-order valence-corrected chi connectivity index (χ1v) is 10.7. The van der Waals surface area contributed by atoms with Crippen molar-refractivity contribution < 1.29 is 9.59 Å². The lowest BCUT2D eigenvalue weighted by atomic mass is 9.99. The van der Waals surface area contributed by atoms with Gasteiger partial charge in [0.2, 0.25) is 0 Å². The van der Waals surface area contributed by atoms with Crippen LogP contribution < -0.4 is 0 Å². The smallest absolute Gasteiger partial charge is 0.164 e. The Morgan fingerprint density at radius 1 is 0.704 bits per heavy atom. The van der Waals surface area contributed by atoms with Crippen molar-refractivity contribution in [3.63, 3.8) is 0 Å². The maximum absolute atomic E-state index is 12.8. The fourth-order valence-corrected chi connectivity index (χ4v) is 5.85. The average molecular weight is 393 g/mol. The van der Waals surface area contributed by atoms with Crippen LogP contribution in [-0.4, -0.2) is 11.6 Å². The molecule has 2 aromatic heterocycles. The molecule has 0 radical (unpaired) electrons. The molecule has 2 heterocycles. The zero-order valence-corrected chi connectivity index (χ0v) is 17.0. The molecule has 0 bridgehead atoms. The van der Waals surface area contributed by atoms with Gasteiger partial charge in [0.25, 0.3) is 0 Å². The zero-order valence-electron chi connectivity index (χ0n) is 15.4. The number of carbonyl (C=O) groups is 2. The van der Waals surface area contributed by atoms with Crippen molar-refractivity contribution >= 4 is 54.4 Å². The maximum Gasteiger partial charge on any atom is 0.164 e. The first-order valence-electron chi connectivity index (χ1n) is 9.09. The summed E-state index contributed by atoms with van der Waals surface area (Å²) in [6, 6.07) is 16.1. The number of rotatable bonds is 6. The first kappa shape index (κ1) is 18.1. The molecule has 0 saturated carbocycles. The first-order chi connectivity index (χ1) is 13.1. The van der Waals surface area contributed by atoms with Crippen molar-refractivity contribution in [2.45, 2.75) is 33.1 Å². The molecular weight excluding hydrogens is 372 g/mol. The van der Waals surface area contributed by atoms with Crippen LogP contribution >= 0.6 is 22.7 Å². The summed E-state index contributed by atoms with van der Waals surface area (Å²) >= 11 is 3.32. The number of hydrogen-bond acceptors (Lipinski definition) is 4. The van der Waals surface area contributed by atoms with Crippen LogP contribution in [0, 0.1) is 13.8 Å². The standard InChI is InChI=1S/C23H20O2S2/c1-14-22(16-8-3-5-12-20(16)26-14)18(24)10-7-11-19(25)23-15(2)27-21-13-6-4-9-17(21)23/h3-6,8-9,12-13H,7,10-11H2,1-2H3. The second kappa shape index (κ2) is 7.37. The number of thiophene rings is 2. The molecule has 4 aromatic rings. The van der Waals surface area contributed by atoms with E-state index < -0.39 is 0 Å². The Labute approximate surface area is 166 Å². The van der Waals surface area contributed by atoms with Gasteiger partial charge in [0.1, 0.15) is 0 Å². The van der Waals surface area contributed by atoms with E-state index in [4.69, 9.17) is 0 Å². The van der Waals surface area contributed by atoms with Gasteiger partial charge in [-0.25, -0.2) is 0 Å². The monoisotopic (exact) mass is 392 g/mol. The Kier molecular flexibility index (Phi) is 4.94. The predicted molar refractivity (Wildman–Crippen MR) is 116 cm³/mol. The molecule has 0 aliphatic carbocycles. The van der Waals surface area contributed by atoms with Crippen molar-refractivity contribution in [2.75, 3.05) is 0 Å². The average Bonchev–Trinajstić information content (AvgIpc) is 3.16. The summed E-state index contributed by atoms with van der Waals surface area (Å²) in [7, 11) is 0. The molecule has 0 amide bonds. The Morgan fingerprint density at radius 2 is 1.11 bits per heavy atom. The van der Waals surface area contributed by atoms with Crippen LogP contribution in [0.15, 0.2) is 48.5 Å². The molecule has 0 N–H and O–H groups in total. The fraction of sp³-hybridized carbons (Fsp3) is 0.217. The minimum atomic E-state index is 0.143. The lowest BCUT2D eigenvalue weighted by Crippen LogP contribution is -2.04. The molecule has 2 nitrogen and oxygen atoms in total. The van der Waals surface area contributed by atoms with Gasteiger partial charge in [0.05, 0.1) is 0 Å². The third kappa shape index (κ3) is 3.35. The van der Waals surface area contributed by atoms with Crippen LogP contribution in [0.25, 0.3) is 20.2 Å². The molecule has 136 valence electrons. The van der Waals surface area contributed by atoms with Gasteiger partial charge in [-0.1, -0.05) is 36.4 Å². The summed E-state index contributed by atoms with van der Waals surface area (Å²) in [5.74, 6) is 0.286. The van der Waals surface area contributed by atoms with Gasteiger partial charge in [-0.3, -0.25) is 9.59 Å². The molecule has 0 spiro atoms. The molecule has 0 aliphatic heterocycles. The highest BCUT2D eigenvalue weighted by Gasteiger charge is 2.19. The largest absolute Gasteiger partial charge is 0.294 e. The SMILES string of the molecule is Cc1sc2ccccc2c1C(=O)CCCC(=O)c1c(C)sc2ccccc12. The van der Waals surface area contributed by atoms with Gasteiger partial charge in [0, 0.05) is 53.9 Å². The Bertz CT molecular complexity index is 1070. The van der Waals surface area contributed by atoms with Gasteiger partial charge in [-0.2, -0.15) is 0 Å². The molecule has 4 rings (SSSR count). The van der Waals surface area contributed by atoms with E-state index >= 15 is 0 Å². The van der Waals surface area contributed by atoms with Crippen molar-refractivity contribution in [2.24, 2.45) is 0 Å². The molecular formula is C23H20O2S2. The summed E-state index contributed by atoms with van der Waals surface area (Å²) in [6.07, 6.45) is 1.41. The van der Waals surface area contributed by atoms with Gasteiger partial charge < -0.3 is 0 Å². The predicted octanol–water partition coefficient (Wildman–Crippen LogP) is 6.97. The summed E-state index contributed by atoms with van der Waals surface area (Å²) < 4.78 is 2.30. The van der Waals surface area contributed by atoms with Crippen LogP contribution in [-0.2, 0) is 0 Å². The molecule has 0 atom stereocenters. The normalized spacial score (nSPS) is 11.3. The number of ketones is 2. The second-order valence-corrected chi connectivity index (χ2v) is 9.27. The third-order valence-corrected chi connectivity index (χ3v) is 7.08. The van der Waals surface area contributed by atoms with Gasteiger partial charge >= 0.3 is 0 Å². The summed E-state index contributed by atoms with van der Waals surface area (Å²) in [5.41, 5.74) is 1.67. The highest BCUT2D eigenvalue weighted by atomic mass is 32.1. The van der Waals surface area contributed by atoms with E-state index in [2.05, 4.69) is 12.1 Å². The van der Waals surface area contributed by atoms with Gasteiger partial charge in [-0.05, 0) is 32.4 Å². The topological polar surface area (TPSA) is 34.1 Å². The fourth-order valence-electron chi connectivity index (χ4n) is 3.69. The number of benzene rings is 2. The van der Waals surface area contributed by atoms with Gasteiger partial charge in [-0.15, -0.1) is 22.7 Å². The van der Waals surface area contributed by atoms with Crippen molar-refractivity contribution in [3.05, 3.63) is 69.4 Å². The number of carbonyl (C=O) groups excluding carboxylic acids is 2. The number of hydrogen-bond donors (Lipinski definition) is 0. The van der Waals surface area contributed by atoms with E-state index in [9.17, 15) is 9.59 Å². The lowest BCUT2D eigenvalue weighted by molar-refractivity contribution is 0.0959. The Morgan fingerprint density at radius 3 is 1.56 bits per heavy atom. The lowest BCUT2D eigenvalue weighted by Gasteiger charge is -2.03. The van der Waals surface area contributed by atoms with Crippen LogP contribution in [0.2, 0.25) is 0 Å². The van der Waals surface area contributed by atoms with Crippen molar-refractivity contribution in [3.8, 4) is 0 Å². The molecule has 0 fully saturated rings. The zero-order chi connectivity index (χ0) is 19.0. The molecule has 0 aliphatic rings.